The fraction of sp³-hybridized carbons (Fsp3) is 0.368. The molecule has 2 aromatic heterocycles. The zero-order valence-electron chi connectivity index (χ0n) is 15.6. The molecule has 1 N–H and O–H groups in total. The van der Waals surface area contributed by atoms with Crippen molar-refractivity contribution in [1.82, 2.24) is 14.7 Å². The maximum absolute atomic E-state index is 12.9. The van der Waals surface area contributed by atoms with Gasteiger partial charge in [-0.15, -0.1) is 0 Å². The zero-order chi connectivity index (χ0) is 19.4. The molecule has 0 fully saturated rings. The molecular weight excluding hydrogens is 364 g/mol. The van der Waals surface area contributed by atoms with Crippen molar-refractivity contribution >= 4 is 34.4 Å². The van der Waals surface area contributed by atoms with Crippen LogP contribution in [0.2, 0.25) is 0 Å². The van der Waals surface area contributed by atoms with Gasteiger partial charge in [-0.2, -0.15) is 0 Å². The number of hydrogen-bond acceptors (Lipinski definition) is 6. The van der Waals surface area contributed by atoms with E-state index in [1.165, 1.54) is 11.8 Å². The van der Waals surface area contributed by atoms with E-state index in [2.05, 4.69) is 22.4 Å². The Bertz CT molecular complexity index is 1010. The molecular formula is C19H22N4O3S. The molecule has 1 amide bonds. The monoisotopic (exact) mass is 386 g/mol. The van der Waals surface area contributed by atoms with Crippen LogP contribution < -0.4 is 10.9 Å². The zero-order valence-corrected chi connectivity index (χ0v) is 16.4. The second kappa shape index (κ2) is 8.39. The number of fused-ring (bicyclic) bond motifs is 1. The number of unbranched alkanes of at least 4 members (excludes halogenated alkanes) is 1. The lowest BCUT2D eigenvalue weighted by molar-refractivity contribution is -0.115. The summed E-state index contributed by atoms with van der Waals surface area (Å²) in [6, 6.07) is 8.93. The molecule has 0 spiro atoms. The largest absolute Gasteiger partial charge is 0.360 e. The molecule has 0 bridgehead atoms. The van der Waals surface area contributed by atoms with Gasteiger partial charge in [0.2, 0.25) is 5.91 Å². The summed E-state index contributed by atoms with van der Waals surface area (Å²) in [7, 11) is 0. The predicted molar refractivity (Wildman–Crippen MR) is 106 cm³/mol. The SMILES string of the molecule is CCCCn1c(SC(C)C(=O)Nc2cc(C)on2)nc2ccccc2c1=O. The summed E-state index contributed by atoms with van der Waals surface area (Å²) in [6.07, 6.45) is 1.83. The summed E-state index contributed by atoms with van der Waals surface area (Å²) >= 11 is 1.27. The van der Waals surface area contributed by atoms with E-state index in [1.807, 2.05) is 18.2 Å². The highest BCUT2D eigenvalue weighted by molar-refractivity contribution is 8.00. The van der Waals surface area contributed by atoms with Crippen LogP contribution in [0, 0.1) is 6.92 Å². The van der Waals surface area contributed by atoms with E-state index in [4.69, 9.17) is 4.52 Å². The molecule has 0 saturated heterocycles. The van der Waals surface area contributed by atoms with Gasteiger partial charge < -0.3 is 9.84 Å². The third-order valence-electron chi connectivity index (χ3n) is 4.09. The highest BCUT2D eigenvalue weighted by atomic mass is 32.2. The lowest BCUT2D eigenvalue weighted by atomic mass is 10.2. The van der Waals surface area contributed by atoms with Gasteiger partial charge in [0.05, 0.1) is 16.2 Å². The molecule has 3 rings (SSSR count). The molecule has 1 atom stereocenters. The highest BCUT2D eigenvalue weighted by Gasteiger charge is 2.20. The van der Waals surface area contributed by atoms with Gasteiger partial charge in [0, 0.05) is 12.6 Å². The maximum atomic E-state index is 12.9. The number of para-hydroxylation sites is 1. The number of nitrogens with one attached hydrogen (secondary N) is 1. The number of benzene rings is 1. The van der Waals surface area contributed by atoms with Gasteiger partial charge in [0.15, 0.2) is 11.0 Å². The van der Waals surface area contributed by atoms with Crippen molar-refractivity contribution in [1.29, 1.82) is 0 Å². The van der Waals surface area contributed by atoms with E-state index >= 15 is 0 Å². The van der Waals surface area contributed by atoms with Crippen molar-refractivity contribution in [3.63, 3.8) is 0 Å². The van der Waals surface area contributed by atoms with Gasteiger partial charge >= 0.3 is 0 Å². The van der Waals surface area contributed by atoms with Gasteiger partial charge in [-0.3, -0.25) is 14.2 Å². The first kappa shape index (κ1) is 19.2. The predicted octanol–water partition coefficient (Wildman–Crippen LogP) is 3.61. The molecule has 0 radical (unpaired) electrons. The lowest BCUT2D eigenvalue weighted by Gasteiger charge is -2.15. The molecule has 2 heterocycles. The first-order valence-electron chi connectivity index (χ1n) is 8.90. The highest BCUT2D eigenvalue weighted by Crippen LogP contribution is 2.24. The molecule has 0 aliphatic carbocycles. The van der Waals surface area contributed by atoms with Crippen LogP contribution in [-0.2, 0) is 11.3 Å². The number of hydrogen-bond donors (Lipinski definition) is 1. The lowest BCUT2D eigenvalue weighted by Crippen LogP contribution is -2.27. The Hall–Kier alpha value is -2.61. The molecule has 142 valence electrons. The number of nitrogens with zero attached hydrogens (tertiary/aromatic N) is 3. The first-order valence-corrected chi connectivity index (χ1v) is 9.78. The molecule has 0 aliphatic heterocycles. The van der Waals surface area contributed by atoms with Crippen LogP contribution in [0.3, 0.4) is 0 Å². The Labute approximate surface area is 161 Å². The number of aryl methyl sites for hydroxylation is 1. The van der Waals surface area contributed by atoms with Crippen molar-refractivity contribution in [2.45, 2.75) is 50.6 Å². The van der Waals surface area contributed by atoms with Crippen LogP contribution >= 0.6 is 11.8 Å². The van der Waals surface area contributed by atoms with E-state index in [9.17, 15) is 9.59 Å². The van der Waals surface area contributed by atoms with Crippen LogP contribution in [0.1, 0.15) is 32.4 Å². The number of rotatable bonds is 7. The van der Waals surface area contributed by atoms with Crippen LogP contribution in [0.4, 0.5) is 5.82 Å². The van der Waals surface area contributed by atoms with E-state index in [0.717, 1.165) is 12.8 Å². The van der Waals surface area contributed by atoms with E-state index in [1.54, 1.807) is 30.5 Å². The number of carbonyl (C=O) groups excluding carboxylic acids is 1. The molecule has 7 nitrogen and oxygen atoms in total. The Morgan fingerprint density at radius 2 is 2.15 bits per heavy atom. The second-order valence-corrected chi connectivity index (χ2v) is 7.60. The number of anilines is 1. The average Bonchev–Trinajstić information content (AvgIpc) is 3.06. The normalized spacial score (nSPS) is 12.3. The average molecular weight is 386 g/mol. The minimum atomic E-state index is -0.456. The Balaban J connectivity index is 1.87. The number of carbonyl (C=O) groups is 1. The fourth-order valence-electron chi connectivity index (χ4n) is 2.62. The van der Waals surface area contributed by atoms with E-state index in [-0.39, 0.29) is 11.5 Å². The minimum Gasteiger partial charge on any atom is -0.360 e. The summed E-state index contributed by atoms with van der Waals surface area (Å²) in [5, 5.41) is 7.17. The minimum absolute atomic E-state index is 0.0729. The molecule has 3 aromatic rings. The molecule has 8 heteroatoms. The van der Waals surface area contributed by atoms with E-state index < -0.39 is 5.25 Å². The van der Waals surface area contributed by atoms with Crippen molar-refractivity contribution in [2.75, 3.05) is 5.32 Å². The van der Waals surface area contributed by atoms with E-state index in [0.29, 0.717) is 34.2 Å². The van der Waals surface area contributed by atoms with Gasteiger partial charge in [-0.1, -0.05) is 42.4 Å². The fourth-order valence-corrected chi connectivity index (χ4v) is 3.55. The van der Waals surface area contributed by atoms with Gasteiger partial charge in [-0.25, -0.2) is 4.98 Å². The molecule has 0 aliphatic rings. The smallest absolute Gasteiger partial charge is 0.262 e. The molecule has 27 heavy (non-hydrogen) atoms. The summed E-state index contributed by atoms with van der Waals surface area (Å²) in [5.74, 6) is 0.771. The first-order chi connectivity index (χ1) is 13.0. The molecule has 1 aromatic carbocycles. The Kier molecular flexibility index (Phi) is 5.95. The summed E-state index contributed by atoms with van der Waals surface area (Å²) in [5.41, 5.74) is 0.564. The maximum Gasteiger partial charge on any atom is 0.262 e. The summed E-state index contributed by atoms with van der Waals surface area (Å²) in [6.45, 7) is 6.18. The van der Waals surface area contributed by atoms with Crippen molar-refractivity contribution in [3.05, 3.63) is 46.4 Å². The standard InChI is InChI=1S/C19H22N4O3S/c1-4-5-10-23-18(25)14-8-6-7-9-15(14)20-19(23)27-13(3)17(24)21-16-11-12(2)26-22-16/h6-9,11,13H,4-5,10H2,1-3H3,(H,21,22,24). The number of aromatic nitrogens is 3. The molecule has 1 unspecified atom stereocenters. The van der Waals surface area contributed by atoms with Gasteiger partial charge in [-0.05, 0) is 32.4 Å². The van der Waals surface area contributed by atoms with Crippen LogP contribution in [0.5, 0.6) is 0 Å². The van der Waals surface area contributed by atoms with Gasteiger partial charge in [0.1, 0.15) is 5.76 Å². The third-order valence-corrected chi connectivity index (χ3v) is 5.18. The third kappa shape index (κ3) is 4.39. The summed E-state index contributed by atoms with van der Waals surface area (Å²) < 4.78 is 6.63. The quantitative estimate of drug-likeness (QED) is 0.493. The number of amides is 1. The number of thioether (sulfide) groups is 1. The van der Waals surface area contributed by atoms with Crippen molar-refractivity contribution in [3.8, 4) is 0 Å². The second-order valence-electron chi connectivity index (χ2n) is 6.29. The van der Waals surface area contributed by atoms with Crippen LogP contribution in [0.25, 0.3) is 10.9 Å². The summed E-state index contributed by atoms with van der Waals surface area (Å²) in [4.78, 5) is 30.0. The van der Waals surface area contributed by atoms with Gasteiger partial charge in [0.25, 0.3) is 5.56 Å². The Morgan fingerprint density at radius 3 is 2.85 bits per heavy atom. The Morgan fingerprint density at radius 1 is 1.37 bits per heavy atom. The van der Waals surface area contributed by atoms with Crippen LogP contribution in [0.15, 0.2) is 44.8 Å². The molecule has 0 saturated carbocycles. The van der Waals surface area contributed by atoms with Crippen molar-refractivity contribution in [2.24, 2.45) is 0 Å². The van der Waals surface area contributed by atoms with Crippen molar-refractivity contribution < 1.29 is 9.32 Å². The van der Waals surface area contributed by atoms with Crippen LogP contribution in [-0.4, -0.2) is 25.9 Å². The topological polar surface area (TPSA) is 90.0 Å².